The highest BCUT2D eigenvalue weighted by Gasteiger charge is 2.24. The van der Waals surface area contributed by atoms with Gasteiger partial charge < -0.3 is 24.4 Å². The first-order valence-corrected chi connectivity index (χ1v) is 9.59. The van der Waals surface area contributed by atoms with Gasteiger partial charge in [-0.3, -0.25) is 9.59 Å². The van der Waals surface area contributed by atoms with Crippen LogP contribution in [0.25, 0.3) is 0 Å². The Balaban J connectivity index is 1.44. The molecule has 0 aliphatic carbocycles. The monoisotopic (exact) mass is 398 g/mol. The van der Waals surface area contributed by atoms with E-state index in [9.17, 15) is 9.59 Å². The van der Waals surface area contributed by atoms with Gasteiger partial charge in [-0.2, -0.15) is 0 Å². The average molecular weight is 398 g/mol. The van der Waals surface area contributed by atoms with Gasteiger partial charge in [-0.15, -0.1) is 0 Å². The van der Waals surface area contributed by atoms with Crippen LogP contribution in [0.2, 0.25) is 0 Å². The molecule has 1 aliphatic rings. The third kappa shape index (κ3) is 5.40. The minimum Gasteiger partial charge on any atom is -0.497 e. The van der Waals surface area contributed by atoms with Crippen molar-refractivity contribution < 1.29 is 23.8 Å². The first kappa shape index (κ1) is 20.5. The summed E-state index contributed by atoms with van der Waals surface area (Å²) in [6.07, 6.45) is 1.42. The van der Waals surface area contributed by atoms with Crippen LogP contribution in [0.5, 0.6) is 17.2 Å². The summed E-state index contributed by atoms with van der Waals surface area (Å²) in [5, 5.41) is 3.04. The molecule has 0 unspecified atom stereocenters. The number of nitrogens with one attached hydrogen (secondary N) is 1. The lowest BCUT2D eigenvalue weighted by Crippen LogP contribution is -2.47. The molecule has 7 nitrogen and oxygen atoms in total. The fourth-order valence-corrected chi connectivity index (χ4v) is 3.25. The van der Waals surface area contributed by atoms with Gasteiger partial charge in [-0.1, -0.05) is 12.1 Å². The first-order chi connectivity index (χ1) is 14.1. The maximum absolute atomic E-state index is 12.4. The van der Waals surface area contributed by atoms with Gasteiger partial charge in [-0.25, -0.2) is 0 Å². The van der Waals surface area contributed by atoms with E-state index >= 15 is 0 Å². The minimum atomic E-state index is -0.114. The molecule has 0 bridgehead atoms. The number of ether oxygens (including phenoxy) is 3. The van der Waals surface area contributed by atoms with E-state index in [1.807, 2.05) is 12.1 Å². The minimum absolute atomic E-state index is 0.0384. The molecule has 3 rings (SSSR count). The molecule has 154 valence electrons. The number of carbonyl (C=O) groups is 2. The van der Waals surface area contributed by atoms with Crippen LogP contribution in [-0.2, 0) is 4.79 Å². The predicted molar refractivity (Wildman–Crippen MR) is 109 cm³/mol. The number of nitrogens with zero attached hydrogens (tertiary/aromatic N) is 1. The molecule has 2 aromatic rings. The van der Waals surface area contributed by atoms with Crippen LogP contribution < -0.4 is 19.5 Å². The molecule has 2 aromatic carbocycles. The highest BCUT2D eigenvalue weighted by atomic mass is 16.5. The molecule has 1 heterocycles. The maximum Gasteiger partial charge on any atom is 0.260 e. The molecule has 0 saturated carbocycles. The van der Waals surface area contributed by atoms with Crippen LogP contribution in [0.3, 0.4) is 0 Å². The standard InChI is InChI=1S/C22H26N2O5/c1-27-18-9-7-16(8-10-18)22(26)23-17-11-13-24(14-12-17)21(25)15-29-20-6-4-3-5-19(20)28-2/h3-10,17H,11-15H2,1-2H3,(H,23,26). The zero-order valence-corrected chi connectivity index (χ0v) is 16.7. The normalized spacial score (nSPS) is 14.2. The summed E-state index contributed by atoms with van der Waals surface area (Å²) in [7, 11) is 3.15. The van der Waals surface area contributed by atoms with Gasteiger partial charge >= 0.3 is 0 Å². The van der Waals surface area contributed by atoms with E-state index in [1.54, 1.807) is 55.5 Å². The quantitative estimate of drug-likeness (QED) is 0.776. The number of para-hydroxylation sites is 2. The van der Waals surface area contributed by atoms with Gasteiger partial charge in [0, 0.05) is 24.7 Å². The van der Waals surface area contributed by atoms with Crippen LogP contribution >= 0.6 is 0 Å². The number of methoxy groups -OCH3 is 2. The number of hydrogen-bond acceptors (Lipinski definition) is 5. The van der Waals surface area contributed by atoms with Crippen molar-refractivity contribution in [2.45, 2.75) is 18.9 Å². The maximum atomic E-state index is 12.4. The van der Waals surface area contributed by atoms with Crippen molar-refractivity contribution >= 4 is 11.8 Å². The summed E-state index contributed by atoms with van der Waals surface area (Å²) in [5.74, 6) is 1.67. The highest BCUT2D eigenvalue weighted by Crippen LogP contribution is 2.25. The van der Waals surface area contributed by atoms with Crippen LogP contribution in [-0.4, -0.2) is 56.7 Å². The number of amides is 2. The number of carbonyl (C=O) groups excluding carboxylic acids is 2. The fraction of sp³-hybridized carbons (Fsp3) is 0.364. The van der Waals surface area contributed by atoms with Crippen molar-refractivity contribution in [2.24, 2.45) is 0 Å². The number of benzene rings is 2. The lowest BCUT2D eigenvalue weighted by atomic mass is 10.0. The van der Waals surface area contributed by atoms with E-state index in [0.29, 0.717) is 48.7 Å². The molecular weight excluding hydrogens is 372 g/mol. The van der Waals surface area contributed by atoms with E-state index in [4.69, 9.17) is 14.2 Å². The highest BCUT2D eigenvalue weighted by molar-refractivity contribution is 5.94. The van der Waals surface area contributed by atoms with Crippen molar-refractivity contribution in [3.63, 3.8) is 0 Å². The van der Waals surface area contributed by atoms with Gasteiger partial charge in [0.25, 0.3) is 11.8 Å². The SMILES string of the molecule is COc1ccc(C(=O)NC2CCN(C(=O)COc3ccccc3OC)CC2)cc1. The van der Waals surface area contributed by atoms with E-state index in [-0.39, 0.29) is 24.5 Å². The van der Waals surface area contributed by atoms with Crippen molar-refractivity contribution in [1.29, 1.82) is 0 Å². The van der Waals surface area contributed by atoms with Crippen LogP contribution in [0.1, 0.15) is 23.2 Å². The summed E-state index contributed by atoms with van der Waals surface area (Å²) in [5.41, 5.74) is 0.592. The Morgan fingerprint density at radius 1 is 0.966 bits per heavy atom. The van der Waals surface area contributed by atoms with Crippen molar-refractivity contribution in [1.82, 2.24) is 10.2 Å². The third-order valence-electron chi connectivity index (χ3n) is 4.96. The van der Waals surface area contributed by atoms with Crippen LogP contribution in [0.15, 0.2) is 48.5 Å². The summed E-state index contributed by atoms with van der Waals surface area (Å²) in [6.45, 7) is 1.13. The molecular formula is C22H26N2O5. The van der Waals surface area contributed by atoms with Crippen LogP contribution in [0, 0.1) is 0 Å². The molecule has 0 spiro atoms. The fourth-order valence-electron chi connectivity index (χ4n) is 3.25. The lowest BCUT2D eigenvalue weighted by molar-refractivity contribution is -0.134. The second kappa shape index (κ2) is 9.82. The summed E-state index contributed by atoms with van der Waals surface area (Å²) >= 11 is 0. The second-order valence-electron chi connectivity index (χ2n) is 6.80. The molecule has 1 saturated heterocycles. The van der Waals surface area contributed by atoms with Gasteiger partial charge in [0.1, 0.15) is 5.75 Å². The Hall–Kier alpha value is -3.22. The number of hydrogen-bond donors (Lipinski definition) is 1. The first-order valence-electron chi connectivity index (χ1n) is 9.59. The van der Waals surface area contributed by atoms with Crippen molar-refractivity contribution in [3.05, 3.63) is 54.1 Å². The summed E-state index contributed by atoms with van der Waals surface area (Å²) < 4.78 is 15.9. The smallest absolute Gasteiger partial charge is 0.260 e. The van der Waals surface area contributed by atoms with E-state index < -0.39 is 0 Å². The summed E-state index contributed by atoms with van der Waals surface area (Å²) in [6, 6.07) is 14.3. The Morgan fingerprint density at radius 3 is 2.24 bits per heavy atom. The van der Waals surface area contributed by atoms with E-state index in [1.165, 1.54) is 0 Å². The molecule has 0 aromatic heterocycles. The third-order valence-corrected chi connectivity index (χ3v) is 4.96. The number of piperidine rings is 1. The van der Waals surface area contributed by atoms with Gasteiger partial charge in [0.05, 0.1) is 14.2 Å². The van der Waals surface area contributed by atoms with Crippen molar-refractivity contribution in [2.75, 3.05) is 33.9 Å². The molecule has 1 N–H and O–H groups in total. The zero-order valence-electron chi connectivity index (χ0n) is 16.7. The Bertz CT molecular complexity index is 829. The van der Waals surface area contributed by atoms with Crippen LogP contribution in [0.4, 0.5) is 0 Å². The van der Waals surface area contributed by atoms with E-state index in [2.05, 4.69) is 5.32 Å². The van der Waals surface area contributed by atoms with Crippen molar-refractivity contribution in [3.8, 4) is 17.2 Å². The molecule has 0 radical (unpaired) electrons. The average Bonchev–Trinajstić information content (AvgIpc) is 2.78. The van der Waals surface area contributed by atoms with E-state index in [0.717, 1.165) is 0 Å². The molecule has 29 heavy (non-hydrogen) atoms. The molecule has 2 amide bonds. The largest absolute Gasteiger partial charge is 0.497 e. The molecule has 7 heteroatoms. The molecule has 0 atom stereocenters. The van der Waals surface area contributed by atoms with Gasteiger partial charge in [0.2, 0.25) is 0 Å². The molecule has 1 fully saturated rings. The van der Waals surface area contributed by atoms with Gasteiger partial charge in [-0.05, 0) is 49.2 Å². The summed E-state index contributed by atoms with van der Waals surface area (Å²) in [4.78, 5) is 26.6. The Kier molecular flexibility index (Phi) is 6.94. The van der Waals surface area contributed by atoms with Gasteiger partial charge in [0.15, 0.2) is 18.1 Å². The Labute approximate surface area is 170 Å². The predicted octanol–water partition coefficient (Wildman–Crippen LogP) is 2.50. The topological polar surface area (TPSA) is 77.1 Å². The number of likely N-dealkylation sites (tertiary alicyclic amines) is 1. The zero-order chi connectivity index (χ0) is 20.6. The Morgan fingerprint density at radius 2 is 1.62 bits per heavy atom. The lowest BCUT2D eigenvalue weighted by Gasteiger charge is -2.32. The number of rotatable bonds is 7. The molecule has 1 aliphatic heterocycles. The second-order valence-corrected chi connectivity index (χ2v) is 6.80.